The predicted octanol–water partition coefficient (Wildman–Crippen LogP) is 1.66. The Balaban J connectivity index is 2.02. The molecule has 136 valence electrons. The number of rotatable bonds is 8. The number of amides is 2. The number of nitrogens with one attached hydrogen (secondary N) is 3. The Morgan fingerprint density at radius 2 is 1.54 bits per heavy atom. The lowest BCUT2D eigenvalue weighted by molar-refractivity contribution is -0.114. The average Bonchev–Trinajstić information content (AvgIpc) is 2.65. The Bertz CT molecular complexity index is 805. The van der Waals surface area contributed by atoms with Gasteiger partial charge < -0.3 is 21.1 Å². The molecule has 2 amide bonds. The number of aliphatic hydroxyl groups is 1. The first-order valence-electron chi connectivity index (χ1n) is 8.14. The first kappa shape index (κ1) is 19.1. The van der Waals surface area contributed by atoms with Crippen molar-refractivity contribution in [1.82, 2.24) is 5.32 Å². The molecule has 0 saturated heterocycles. The Hall–Kier alpha value is -3.19. The maximum atomic E-state index is 12.2. The van der Waals surface area contributed by atoms with Crippen molar-refractivity contribution in [3.63, 3.8) is 0 Å². The third-order valence-electron chi connectivity index (χ3n) is 3.59. The van der Waals surface area contributed by atoms with E-state index in [4.69, 9.17) is 5.11 Å². The normalized spacial score (nSPS) is 10.1. The molecule has 2 aromatic rings. The van der Waals surface area contributed by atoms with E-state index < -0.39 is 0 Å². The van der Waals surface area contributed by atoms with Gasteiger partial charge in [0.15, 0.2) is 5.78 Å². The van der Waals surface area contributed by atoms with Crippen molar-refractivity contribution in [2.24, 2.45) is 0 Å². The second-order valence-corrected chi connectivity index (χ2v) is 5.53. The summed E-state index contributed by atoms with van der Waals surface area (Å²) in [4.78, 5) is 35.9. The average molecular weight is 355 g/mol. The molecule has 0 fully saturated rings. The van der Waals surface area contributed by atoms with E-state index in [1.807, 2.05) is 0 Å². The highest BCUT2D eigenvalue weighted by Crippen LogP contribution is 2.17. The van der Waals surface area contributed by atoms with Crippen molar-refractivity contribution >= 4 is 29.0 Å². The van der Waals surface area contributed by atoms with Gasteiger partial charge in [-0.1, -0.05) is 24.3 Å². The Morgan fingerprint density at radius 3 is 2.19 bits per heavy atom. The second kappa shape index (κ2) is 9.33. The zero-order chi connectivity index (χ0) is 18.9. The van der Waals surface area contributed by atoms with E-state index in [-0.39, 0.29) is 37.3 Å². The Kier molecular flexibility index (Phi) is 6.87. The van der Waals surface area contributed by atoms with Crippen LogP contribution in [-0.2, 0) is 4.79 Å². The van der Waals surface area contributed by atoms with Gasteiger partial charge in [-0.05, 0) is 31.2 Å². The zero-order valence-corrected chi connectivity index (χ0v) is 14.4. The number of carbonyl (C=O) groups excluding carboxylic acids is 3. The van der Waals surface area contributed by atoms with Gasteiger partial charge in [0.2, 0.25) is 5.91 Å². The van der Waals surface area contributed by atoms with Crippen LogP contribution in [0.25, 0.3) is 0 Å². The molecule has 2 rings (SSSR count). The molecule has 0 aliphatic heterocycles. The minimum Gasteiger partial charge on any atom is -0.395 e. The summed E-state index contributed by atoms with van der Waals surface area (Å²) in [5.41, 5.74) is 1.75. The number of hydrogen-bond acceptors (Lipinski definition) is 5. The lowest BCUT2D eigenvalue weighted by atomic mass is 10.1. The molecule has 4 N–H and O–H groups in total. The highest BCUT2D eigenvalue weighted by atomic mass is 16.3. The highest BCUT2D eigenvalue weighted by Gasteiger charge is 2.13. The van der Waals surface area contributed by atoms with Crippen LogP contribution in [0.2, 0.25) is 0 Å². The molecule has 2 aromatic carbocycles. The second-order valence-electron chi connectivity index (χ2n) is 5.53. The fourth-order valence-corrected chi connectivity index (χ4v) is 2.37. The van der Waals surface area contributed by atoms with Gasteiger partial charge in [-0.15, -0.1) is 0 Å². The van der Waals surface area contributed by atoms with E-state index in [2.05, 4.69) is 16.0 Å². The summed E-state index contributed by atoms with van der Waals surface area (Å²) >= 11 is 0. The molecule has 26 heavy (non-hydrogen) atoms. The molecule has 0 saturated carbocycles. The highest BCUT2D eigenvalue weighted by molar-refractivity contribution is 6.05. The molecule has 0 atom stereocenters. The van der Waals surface area contributed by atoms with Crippen LogP contribution < -0.4 is 16.0 Å². The SMILES string of the molecule is CC(=O)c1ccccc1NC(=O)CNc1ccccc1C(=O)NCCO. The van der Waals surface area contributed by atoms with Crippen molar-refractivity contribution in [2.45, 2.75) is 6.92 Å². The molecule has 0 aliphatic carbocycles. The molecular weight excluding hydrogens is 334 g/mol. The van der Waals surface area contributed by atoms with Gasteiger partial charge >= 0.3 is 0 Å². The number of anilines is 2. The van der Waals surface area contributed by atoms with Crippen LogP contribution in [0.4, 0.5) is 11.4 Å². The molecule has 0 aliphatic rings. The molecule has 0 unspecified atom stereocenters. The van der Waals surface area contributed by atoms with Gasteiger partial charge in [-0.2, -0.15) is 0 Å². The number of carbonyl (C=O) groups is 3. The van der Waals surface area contributed by atoms with Crippen molar-refractivity contribution in [1.29, 1.82) is 0 Å². The standard InChI is InChI=1S/C19H21N3O4/c1-13(24)14-6-2-5-9-17(14)22-18(25)12-21-16-8-4-3-7-15(16)19(26)20-10-11-23/h2-9,21,23H,10-12H2,1H3,(H,20,26)(H,22,25). The molecular formula is C19H21N3O4. The summed E-state index contributed by atoms with van der Waals surface area (Å²) in [6, 6.07) is 13.5. The zero-order valence-electron chi connectivity index (χ0n) is 14.4. The van der Waals surface area contributed by atoms with Gasteiger partial charge in [0.1, 0.15) is 0 Å². The van der Waals surface area contributed by atoms with Crippen LogP contribution in [0.5, 0.6) is 0 Å². The smallest absolute Gasteiger partial charge is 0.253 e. The Labute approximate surface area is 151 Å². The van der Waals surface area contributed by atoms with E-state index in [0.29, 0.717) is 22.5 Å². The Morgan fingerprint density at radius 1 is 0.923 bits per heavy atom. The van der Waals surface area contributed by atoms with E-state index in [0.717, 1.165) is 0 Å². The number of para-hydroxylation sites is 2. The first-order valence-corrected chi connectivity index (χ1v) is 8.14. The van der Waals surface area contributed by atoms with Crippen LogP contribution in [0, 0.1) is 0 Å². The van der Waals surface area contributed by atoms with Crippen molar-refractivity contribution in [3.8, 4) is 0 Å². The van der Waals surface area contributed by atoms with Crippen LogP contribution in [0.15, 0.2) is 48.5 Å². The summed E-state index contributed by atoms with van der Waals surface area (Å²) in [6.07, 6.45) is 0. The van der Waals surface area contributed by atoms with Gasteiger partial charge in [0.05, 0.1) is 24.4 Å². The van der Waals surface area contributed by atoms with Crippen LogP contribution in [0.1, 0.15) is 27.6 Å². The minimum atomic E-state index is -0.343. The van der Waals surface area contributed by atoms with Crippen LogP contribution in [0.3, 0.4) is 0 Å². The van der Waals surface area contributed by atoms with Crippen LogP contribution >= 0.6 is 0 Å². The third-order valence-corrected chi connectivity index (χ3v) is 3.59. The summed E-state index contributed by atoms with van der Waals surface area (Å²) in [7, 11) is 0. The lowest BCUT2D eigenvalue weighted by Gasteiger charge is -2.13. The first-order chi connectivity index (χ1) is 12.5. The monoisotopic (exact) mass is 355 g/mol. The number of hydrogen-bond donors (Lipinski definition) is 4. The summed E-state index contributed by atoms with van der Waals surface area (Å²) in [6.45, 7) is 1.36. The molecule has 0 heterocycles. The lowest BCUT2D eigenvalue weighted by Crippen LogP contribution is -2.28. The summed E-state index contributed by atoms with van der Waals surface area (Å²) in [5.74, 6) is -0.825. The van der Waals surface area contributed by atoms with Gasteiger partial charge in [0.25, 0.3) is 5.91 Å². The molecule has 0 radical (unpaired) electrons. The number of ketones is 1. The largest absolute Gasteiger partial charge is 0.395 e. The van der Waals surface area contributed by atoms with Crippen molar-refractivity contribution < 1.29 is 19.5 Å². The summed E-state index contributed by atoms with van der Waals surface area (Å²) < 4.78 is 0. The van der Waals surface area contributed by atoms with Crippen molar-refractivity contribution in [2.75, 3.05) is 30.3 Å². The fraction of sp³-hybridized carbons (Fsp3) is 0.211. The molecule has 7 nitrogen and oxygen atoms in total. The van der Waals surface area contributed by atoms with E-state index >= 15 is 0 Å². The maximum absolute atomic E-state index is 12.2. The van der Waals surface area contributed by atoms with Gasteiger partial charge in [0, 0.05) is 17.8 Å². The number of benzene rings is 2. The quantitative estimate of drug-likeness (QED) is 0.539. The summed E-state index contributed by atoms with van der Waals surface area (Å²) in [5, 5.41) is 17.0. The third kappa shape index (κ3) is 5.15. The number of Topliss-reactive ketones (excluding diaryl/α,β-unsaturated/α-hetero) is 1. The molecule has 7 heteroatoms. The predicted molar refractivity (Wildman–Crippen MR) is 99.4 cm³/mol. The topological polar surface area (TPSA) is 108 Å². The molecule has 0 spiro atoms. The van der Waals surface area contributed by atoms with Gasteiger partial charge in [-0.25, -0.2) is 0 Å². The molecule has 0 aromatic heterocycles. The van der Waals surface area contributed by atoms with Crippen LogP contribution in [-0.4, -0.2) is 42.4 Å². The van der Waals surface area contributed by atoms with E-state index in [9.17, 15) is 14.4 Å². The minimum absolute atomic E-state index is 0.0729. The number of aliphatic hydroxyl groups excluding tert-OH is 1. The van der Waals surface area contributed by atoms with E-state index in [1.54, 1.807) is 48.5 Å². The maximum Gasteiger partial charge on any atom is 0.253 e. The molecule has 0 bridgehead atoms. The van der Waals surface area contributed by atoms with E-state index in [1.165, 1.54) is 6.92 Å². The van der Waals surface area contributed by atoms with Gasteiger partial charge in [-0.3, -0.25) is 14.4 Å². The van der Waals surface area contributed by atoms with Crippen molar-refractivity contribution in [3.05, 3.63) is 59.7 Å². The fourth-order valence-electron chi connectivity index (χ4n) is 2.37.